The van der Waals surface area contributed by atoms with Crippen LogP contribution in [0.3, 0.4) is 0 Å². The minimum absolute atomic E-state index is 0.0348. The highest BCUT2D eigenvalue weighted by Crippen LogP contribution is 2.19. The lowest BCUT2D eigenvalue weighted by molar-refractivity contribution is -0.146. The van der Waals surface area contributed by atoms with E-state index in [4.69, 9.17) is 14.2 Å². The van der Waals surface area contributed by atoms with Crippen molar-refractivity contribution in [3.63, 3.8) is 0 Å². The third-order valence-corrected chi connectivity index (χ3v) is 4.77. The summed E-state index contributed by atoms with van der Waals surface area (Å²) in [6.45, 7) is 7.92. The summed E-state index contributed by atoms with van der Waals surface area (Å²) in [5.74, 6) is -0.796. The van der Waals surface area contributed by atoms with Crippen LogP contribution < -0.4 is 0 Å². The molecule has 1 aromatic rings. The van der Waals surface area contributed by atoms with Crippen molar-refractivity contribution in [3.05, 3.63) is 35.9 Å². The molecule has 0 spiro atoms. The van der Waals surface area contributed by atoms with Crippen molar-refractivity contribution in [2.75, 3.05) is 32.8 Å². The zero-order chi connectivity index (χ0) is 23.7. The predicted octanol–water partition coefficient (Wildman–Crippen LogP) is 1.97. The van der Waals surface area contributed by atoms with Crippen LogP contribution in [0.1, 0.15) is 39.7 Å². The van der Waals surface area contributed by atoms with Crippen molar-refractivity contribution < 1.29 is 33.7 Å². The van der Waals surface area contributed by atoms with Gasteiger partial charge in [-0.05, 0) is 39.7 Å². The first-order valence-corrected chi connectivity index (χ1v) is 10.8. The molecule has 0 radical (unpaired) electrons. The summed E-state index contributed by atoms with van der Waals surface area (Å²) >= 11 is 0. The van der Waals surface area contributed by atoms with Gasteiger partial charge in [0.15, 0.2) is 0 Å². The topological polar surface area (TPSA) is 105 Å². The molecule has 9 nitrogen and oxygen atoms in total. The molecule has 1 saturated heterocycles. The van der Waals surface area contributed by atoms with Gasteiger partial charge in [-0.2, -0.15) is 0 Å². The Kier molecular flexibility index (Phi) is 9.46. The molecule has 0 aliphatic carbocycles. The number of carbonyl (C=O) groups excluding carboxylic acids is 3. The number of aliphatic hydroxyl groups is 1. The third-order valence-electron chi connectivity index (χ3n) is 4.77. The number of carbonyl (C=O) groups is 3. The normalized spacial score (nSPS) is 18.4. The average molecular weight is 451 g/mol. The number of nitrogens with zero attached hydrogens (tertiary/aromatic N) is 2. The van der Waals surface area contributed by atoms with Gasteiger partial charge < -0.3 is 24.2 Å². The number of hydrogen-bond acceptors (Lipinski definition) is 8. The molecule has 9 heteroatoms. The Morgan fingerprint density at radius 1 is 1.19 bits per heavy atom. The van der Waals surface area contributed by atoms with Gasteiger partial charge in [-0.3, -0.25) is 14.5 Å². The van der Waals surface area contributed by atoms with E-state index in [-0.39, 0.29) is 32.9 Å². The Morgan fingerprint density at radius 2 is 1.88 bits per heavy atom. The van der Waals surface area contributed by atoms with E-state index < -0.39 is 35.7 Å². The lowest BCUT2D eigenvalue weighted by Crippen LogP contribution is -2.44. The molecule has 1 N–H and O–H groups in total. The van der Waals surface area contributed by atoms with Crippen LogP contribution in [0.4, 0.5) is 4.79 Å². The highest BCUT2D eigenvalue weighted by molar-refractivity contribution is 5.81. The summed E-state index contributed by atoms with van der Waals surface area (Å²) in [6.07, 6.45) is -0.117. The largest absolute Gasteiger partial charge is 0.464 e. The van der Waals surface area contributed by atoms with Crippen LogP contribution in [0.25, 0.3) is 0 Å². The zero-order valence-electron chi connectivity index (χ0n) is 19.3. The molecule has 2 rings (SSSR count). The number of hydrogen-bond donors (Lipinski definition) is 1. The summed E-state index contributed by atoms with van der Waals surface area (Å²) in [6, 6.07) is 8.51. The molecule has 1 aliphatic heterocycles. The second-order valence-electron chi connectivity index (χ2n) is 8.82. The number of benzene rings is 1. The van der Waals surface area contributed by atoms with Crippen molar-refractivity contribution in [1.82, 2.24) is 9.80 Å². The van der Waals surface area contributed by atoms with Crippen LogP contribution in [-0.4, -0.2) is 83.5 Å². The summed E-state index contributed by atoms with van der Waals surface area (Å²) < 4.78 is 15.9. The van der Waals surface area contributed by atoms with Gasteiger partial charge in [0.1, 0.15) is 18.2 Å². The Labute approximate surface area is 189 Å². The first-order chi connectivity index (χ1) is 15.1. The zero-order valence-corrected chi connectivity index (χ0v) is 19.3. The molecule has 0 bridgehead atoms. The molecule has 1 unspecified atom stereocenters. The summed E-state index contributed by atoms with van der Waals surface area (Å²) in [7, 11) is 0. The van der Waals surface area contributed by atoms with Crippen LogP contribution >= 0.6 is 0 Å². The van der Waals surface area contributed by atoms with Gasteiger partial charge in [0.25, 0.3) is 0 Å². The Bertz CT molecular complexity index is 763. The molecule has 0 saturated carbocycles. The average Bonchev–Trinajstić information content (AvgIpc) is 3.50. The van der Waals surface area contributed by atoms with Crippen molar-refractivity contribution in [2.24, 2.45) is 0 Å². The van der Waals surface area contributed by atoms with E-state index in [0.29, 0.717) is 13.0 Å². The second-order valence-corrected chi connectivity index (χ2v) is 8.82. The van der Waals surface area contributed by atoms with Gasteiger partial charge in [-0.15, -0.1) is 0 Å². The van der Waals surface area contributed by atoms with Crippen molar-refractivity contribution in [2.45, 2.75) is 58.4 Å². The summed E-state index contributed by atoms with van der Waals surface area (Å²) in [5, 5.41) is 9.40. The van der Waals surface area contributed by atoms with Crippen LogP contribution in [-0.2, 0) is 30.4 Å². The molecule has 1 heterocycles. The minimum Gasteiger partial charge on any atom is -0.464 e. The fraction of sp³-hybridized carbons (Fsp3) is 0.609. The first-order valence-electron chi connectivity index (χ1n) is 10.8. The van der Waals surface area contributed by atoms with Crippen LogP contribution in [0.15, 0.2) is 30.3 Å². The van der Waals surface area contributed by atoms with Gasteiger partial charge in [0.2, 0.25) is 0 Å². The van der Waals surface area contributed by atoms with E-state index in [9.17, 15) is 19.5 Å². The second kappa shape index (κ2) is 11.8. The Hall–Kier alpha value is -2.65. The maximum Gasteiger partial charge on any atom is 0.410 e. The van der Waals surface area contributed by atoms with Crippen molar-refractivity contribution >= 4 is 18.0 Å². The van der Waals surface area contributed by atoms with E-state index in [1.807, 2.05) is 30.3 Å². The Balaban J connectivity index is 1.66. The van der Waals surface area contributed by atoms with E-state index in [1.54, 1.807) is 32.6 Å². The van der Waals surface area contributed by atoms with E-state index in [0.717, 1.165) is 5.56 Å². The van der Waals surface area contributed by atoms with Crippen LogP contribution in [0, 0.1) is 0 Å². The minimum atomic E-state index is -0.644. The molecular weight excluding hydrogens is 416 g/mol. The molecule has 3 atom stereocenters. The van der Waals surface area contributed by atoms with Crippen molar-refractivity contribution in [3.8, 4) is 0 Å². The number of esters is 2. The lowest BCUT2D eigenvalue weighted by atomic mass is 10.2. The highest BCUT2D eigenvalue weighted by Gasteiger charge is 2.43. The number of aliphatic hydroxyl groups excluding tert-OH is 1. The standard InChI is InChI=1S/C23H34N2O7/c1-17(15-26)25(22(29)32-23(2,3)4)11-8-12-30-21(28)19-13-24(19)14-20(27)31-16-18-9-6-5-7-10-18/h5-7,9-10,17,19,26H,8,11-16H2,1-4H3/t17-,19-,24?/m0/s1. The monoisotopic (exact) mass is 450 g/mol. The molecule has 178 valence electrons. The SMILES string of the molecule is C[C@@H](CO)N(CCCOC(=O)[C@@H]1CN1CC(=O)OCc1ccccc1)C(=O)OC(C)(C)C. The predicted molar refractivity (Wildman–Crippen MR) is 117 cm³/mol. The van der Waals surface area contributed by atoms with Gasteiger partial charge in [0.05, 0.1) is 25.8 Å². The van der Waals surface area contributed by atoms with Gasteiger partial charge in [-0.1, -0.05) is 30.3 Å². The third kappa shape index (κ3) is 8.84. The number of rotatable bonds is 11. The molecular formula is C23H34N2O7. The fourth-order valence-corrected chi connectivity index (χ4v) is 2.94. The lowest BCUT2D eigenvalue weighted by Gasteiger charge is -2.30. The molecule has 1 fully saturated rings. The van der Waals surface area contributed by atoms with Gasteiger partial charge in [0, 0.05) is 13.1 Å². The maximum absolute atomic E-state index is 12.3. The Morgan fingerprint density at radius 3 is 2.50 bits per heavy atom. The van der Waals surface area contributed by atoms with E-state index in [1.165, 1.54) is 4.90 Å². The molecule has 1 aliphatic rings. The van der Waals surface area contributed by atoms with E-state index >= 15 is 0 Å². The smallest absolute Gasteiger partial charge is 0.410 e. The number of ether oxygens (including phenoxy) is 3. The van der Waals surface area contributed by atoms with Gasteiger partial charge >= 0.3 is 18.0 Å². The van der Waals surface area contributed by atoms with Crippen molar-refractivity contribution in [1.29, 1.82) is 0 Å². The van der Waals surface area contributed by atoms with Crippen LogP contribution in [0.2, 0.25) is 0 Å². The molecule has 1 amide bonds. The van der Waals surface area contributed by atoms with Gasteiger partial charge in [-0.25, -0.2) is 4.79 Å². The first kappa shape index (κ1) is 25.6. The molecule has 1 aromatic carbocycles. The summed E-state index contributed by atoms with van der Waals surface area (Å²) in [5.41, 5.74) is 0.257. The van der Waals surface area contributed by atoms with Crippen LogP contribution in [0.5, 0.6) is 0 Å². The van der Waals surface area contributed by atoms with E-state index in [2.05, 4.69) is 0 Å². The maximum atomic E-state index is 12.3. The quantitative estimate of drug-likeness (QED) is 0.236. The molecule has 32 heavy (non-hydrogen) atoms. The summed E-state index contributed by atoms with van der Waals surface area (Å²) in [4.78, 5) is 39.5. The number of amides is 1. The highest BCUT2D eigenvalue weighted by atomic mass is 16.6. The fourth-order valence-electron chi connectivity index (χ4n) is 2.94. The molecule has 0 aromatic heterocycles.